The smallest absolute Gasteiger partial charge is 0.230 e. The summed E-state index contributed by atoms with van der Waals surface area (Å²) in [7, 11) is 0. The molecule has 1 fully saturated rings. The SMILES string of the molecule is O=C([O-])[C@@H]1C[C@@H]1C(=O)N1CCc2ccccc21. The quantitative estimate of drug-likeness (QED) is 0.716. The number of fused-ring (bicyclic) bond motifs is 1. The van der Waals surface area contributed by atoms with Crippen LogP contribution in [0.4, 0.5) is 5.69 Å². The molecule has 0 bridgehead atoms. The second-order valence-electron chi connectivity index (χ2n) is 4.64. The molecule has 0 saturated heterocycles. The number of nitrogens with zero attached hydrogens (tertiary/aromatic N) is 1. The molecule has 1 amide bonds. The minimum Gasteiger partial charge on any atom is -0.550 e. The number of hydrogen-bond acceptors (Lipinski definition) is 3. The lowest BCUT2D eigenvalue weighted by Gasteiger charge is -2.17. The molecule has 4 nitrogen and oxygen atoms in total. The van der Waals surface area contributed by atoms with Gasteiger partial charge in [0.2, 0.25) is 5.91 Å². The number of amides is 1. The Morgan fingerprint density at radius 2 is 2.00 bits per heavy atom. The maximum atomic E-state index is 12.1. The second-order valence-corrected chi connectivity index (χ2v) is 4.64. The molecular formula is C13H12NO3-. The monoisotopic (exact) mass is 230 g/mol. The molecule has 0 N–H and O–H groups in total. The van der Waals surface area contributed by atoms with Gasteiger partial charge in [-0.1, -0.05) is 18.2 Å². The lowest BCUT2D eigenvalue weighted by molar-refractivity contribution is -0.308. The molecule has 0 radical (unpaired) electrons. The molecule has 1 saturated carbocycles. The summed E-state index contributed by atoms with van der Waals surface area (Å²) in [6.45, 7) is 0.661. The van der Waals surface area contributed by atoms with E-state index in [0.717, 1.165) is 17.7 Å². The molecule has 1 heterocycles. The van der Waals surface area contributed by atoms with Crippen LogP contribution in [0.3, 0.4) is 0 Å². The molecule has 0 aromatic heterocycles. The van der Waals surface area contributed by atoms with E-state index in [1.54, 1.807) is 4.90 Å². The Kier molecular flexibility index (Phi) is 2.18. The molecule has 2 atom stereocenters. The van der Waals surface area contributed by atoms with E-state index in [0.29, 0.717) is 13.0 Å². The van der Waals surface area contributed by atoms with Crippen LogP contribution in [0.5, 0.6) is 0 Å². The number of carboxylic acid groups (broad SMARTS) is 1. The fraction of sp³-hybridized carbons (Fsp3) is 0.385. The van der Waals surface area contributed by atoms with Crippen molar-refractivity contribution < 1.29 is 14.7 Å². The predicted octanol–water partition coefficient (Wildman–Crippen LogP) is -0.0383. The molecule has 88 valence electrons. The summed E-state index contributed by atoms with van der Waals surface area (Å²) in [4.78, 5) is 24.5. The summed E-state index contributed by atoms with van der Waals surface area (Å²) in [6, 6.07) is 7.77. The molecule has 0 unspecified atom stereocenters. The fourth-order valence-corrected chi connectivity index (χ4v) is 2.50. The third kappa shape index (κ3) is 1.60. The van der Waals surface area contributed by atoms with Gasteiger partial charge in [-0.05, 0) is 24.5 Å². The molecule has 3 rings (SSSR count). The van der Waals surface area contributed by atoms with Gasteiger partial charge in [0.05, 0.1) is 0 Å². The summed E-state index contributed by atoms with van der Waals surface area (Å²) < 4.78 is 0. The lowest BCUT2D eigenvalue weighted by Crippen LogP contribution is -2.33. The van der Waals surface area contributed by atoms with Gasteiger partial charge in [0.1, 0.15) is 0 Å². The number of carboxylic acids is 1. The summed E-state index contributed by atoms with van der Waals surface area (Å²) in [5.74, 6) is -2.11. The first-order chi connectivity index (χ1) is 8.18. The second kappa shape index (κ2) is 3.58. The molecule has 4 heteroatoms. The van der Waals surface area contributed by atoms with Crippen LogP contribution in [0, 0.1) is 11.8 Å². The van der Waals surface area contributed by atoms with E-state index in [4.69, 9.17) is 0 Å². The largest absolute Gasteiger partial charge is 0.550 e. The highest BCUT2D eigenvalue weighted by Gasteiger charge is 2.46. The predicted molar refractivity (Wildman–Crippen MR) is 59.1 cm³/mol. The van der Waals surface area contributed by atoms with Crippen molar-refractivity contribution in [2.24, 2.45) is 11.8 Å². The van der Waals surface area contributed by atoms with E-state index in [-0.39, 0.29) is 11.8 Å². The summed E-state index contributed by atoms with van der Waals surface area (Å²) in [6.07, 6.45) is 1.28. The van der Waals surface area contributed by atoms with E-state index in [9.17, 15) is 14.7 Å². The Bertz CT molecular complexity index is 497. The maximum absolute atomic E-state index is 12.1. The lowest BCUT2D eigenvalue weighted by atomic mass is 10.2. The van der Waals surface area contributed by atoms with Crippen molar-refractivity contribution >= 4 is 17.6 Å². The Hall–Kier alpha value is -1.84. The van der Waals surface area contributed by atoms with E-state index in [1.807, 2.05) is 24.3 Å². The average Bonchev–Trinajstić information content (AvgIpc) is 3.02. The van der Waals surface area contributed by atoms with Gasteiger partial charge in [-0.15, -0.1) is 0 Å². The molecular weight excluding hydrogens is 218 g/mol. The molecule has 17 heavy (non-hydrogen) atoms. The summed E-state index contributed by atoms with van der Waals surface area (Å²) in [5, 5.41) is 10.7. The third-order valence-corrected chi connectivity index (χ3v) is 3.56. The number of rotatable bonds is 2. The number of carbonyl (C=O) groups is 2. The van der Waals surface area contributed by atoms with Gasteiger partial charge in [0.25, 0.3) is 0 Å². The van der Waals surface area contributed by atoms with Gasteiger partial charge in [-0.2, -0.15) is 0 Å². The van der Waals surface area contributed by atoms with Gasteiger partial charge < -0.3 is 14.8 Å². The Balaban J connectivity index is 1.79. The van der Waals surface area contributed by atoms with Gasteiger partial charge in [-0.25, -0.2) is 0 Å². The number of hydrogen-bond donors (Lipinski definition) is 0. The Morgan fingerprint density at radius 1 is 1.24 bits per heavy atom. The van der Waals surface area contributed by atoms with E-state index < -0.39 is 11.9 Å². The zero-order valence-electron chi connectivity index (χ0n) is 9.26. The minimum absolute atomic E-state index is 0.0656. The molecule has 1 aliphatic heterocycles. The van der Waals surface area contributed by atoms with E-state index in [1.165, 1.54) is 0 Å². The topological polar surface area (TPSA) is 60.4 Å². The van der Waals surface area contributed by atoms with Crippen LogP contribution in [0.2, 0.25) is 0 Å². The number of benzene rings is 1. The van der Waals surface area contributed by atoms with Crippen LogP contribution in [0.25, 0.3) is 0 Å². The fourth-order valence-electron chi connectivity index (χ4n) is 2.50. The minimum atomic E-state index is -1.10. The highest BCUT2D eigenvalue weighted by atomic mass is 16.4. The average molecular weight is 230 g/mol. The number of aliphatic carboxylic acids is 1. The van der Waals surface area contributed by atoms with Crippen LogP contribution in [0.15, 0.2) is 24.3 Å². The van der Waals surface area contributed by atoms with Gasteiger partial charge in [0.15, 0.2) is 0 Å². The zero-order chi connectivity index (χ0) is 12.0. The van der Waals surface area contributed by atoms with E-state index >= 15 is 0 Å². The number of carbonyl (C=O) groups excluding carboxylic acids is 2. The van der Waals surface area contributed by atoms with Crippen LogP contribution < -0.4 is 10.0 Å². The van der Waals surface area contributed by atoms with Crippen molar-refractivity contribution in [2.45, 2.75) is 12.8 Å². The summed E-state index contributed by atoms with van der Waals surface area (Å²) in [5.41, 5.74) is 2.09. The molecule has 2 aliphatic rings. The van der Waals surface area contributed by atoms with Gasteiger partial charge in [-0.3, -0.25) is 4.79 Å². The molecule has 1 aromatic rings. The third-order valence-electron chi connectivity index (χ3n) is 3.56. The number of anilines is 1. The normalized spacial score (nSPS) is 25.5. The standard InChI is InChI=1S/C13H13NO3/c15-12(9-7-10(9)13(16)17)14-6-5-8-3-1-2-4-11(8)14/h1-4,9-10H,5-7H2,(H,16,17)/p-1/t9-,10+/m0/s1. The van der Waals surface area contributed by atoms with Crippen LogP contribution in [0.1, 0.15) is 12.0 Å². The van der Waals surface area contributed by atoms with Crippen molar-refractivity contribution in [3.05, 3.63) is 29.8 Å². The number of para-hydroxylation sites is 1. The van der Waals surface area contributed by atoms with E-state index in [2.05, 4.69) is 0 Å². The van der Waals surface area contributed by atoms with Gasteiger partial charge >= 0.3 is 0 Å². The van der Waals surface area contributed by atoms with Crippen LogP contribution in [-0.2, 0) is 16.0 Å². The first kappa shape index (κ1) is 10.3. The highest BCUT2D eigenvalue weighted by molar-refractivity contribution is 6.01. The van der Waals surface area contributed by atoms with Crippen LogP contribution >= 0.6 is 0 Å². The van der Waals surface area contributed by atoms with Crippen molar-refractivity contribution in [1.29, 1.82) is 0 Å². The maximum Gasteiger partial charge on any atom is 0.230 e. The molecule has 1 aliphatic carbocycles. The first-order valence-corrected chi connectivity index (χ1v) is 5.78. The Morgan fingerprint density at radius 3 is 2.71 bits per heavy atom. The van der Waals surface area contributed by atoms with Gasteiger partial charge in [0, 0.05) is 30.0 Å². The van der Waals surface area contributed by atoms with Crippen molar-refractivity contribution in [2.75, 3.05) is 11.4 Å². The highest BCUT2D eigenvalue weighted by Crippen LogP contribution is 2.41. The molecule has 0 spiro atoms. The Labute approximate surface area is 98.9 Å². The van der Waals surface area contributed by atoms with Crippen LogP contribution in [-0.4, -0.2) is 18.4 Å². The first-order valence-electron chi connectivity index (χ1n) is 5.78. The van der Waals surface area contributed by atoms with Crippen molar-refractivity contribution in [3.8, 4) is 0 Å². The van der Waals surface area contributed by atoms with Crippen molar-refractivity contribution in [1.82, 2.24) is 0 Å². The molecule has 1 aromatic carbocycles. The van der Waals surface area contributed by atoms with Crippen molar-refractivity contribution in [3.63, 3.8) is 0 Å². The zero-order valence-corrected chi connectivity index (χ0v) is 9.26. The summed E-state index contributed by atoms with van der Waals surface area (Å²) >= 11 is 0.